The minimum Gasteiger partial charge on any atom is -0.497 e. The van der Waals surface area contributed by atoms with Gasteiger partial charge < -0.3 is 33.9 Å². The van der Waals surface area contributed by atoms with Crippen molar-refractivity contribution in [3.8, 4) is 5.75 Å². The molecule has 1 aromatic rings. The van der Waals surface area contributed by atoms with Gasteiger partial charge in [0.15, 0.2) is 6.29 Å². The fourth-order valence-corrected chi connectivity index (χ4v) is 4.43. The number of methoxy groups -OCH3 is 1. The lowest BCUT2D eigenvalue weighted by molar-refractivity contribution is -0.309. The zero-order valence-corrected chi connectivity index (χ0v) is 24.3. The van der Waals surface area contributed by atoms with Gasteiger partial charge in [0.1, 0.15) is 5.75 Å². The van der Waals surface area contributed by atoms with Crippen LogP contribution >= 0.6 is 0 Å². The van der Waals surface area contributed by atoms with Crippen LogP contribution < -0.4 is 4.74 Å². The topological polar surface area (TPSA) is 121 Å². The second kappa shape index (κ2) is 12.8. The van der Waals surface area contributed by atoms with Crippen molar-refractivity contribution in [1.29, 1.82) is 0 Å². The number of rotatable bonds is 12. The molecular formula is C29H46O9. The molecule has 9 heteroatoms. The first kappa shape index (κ1) is 32.0. The summed E-state index contributed by atoms with van der Waals surface area (Å²) in [7, 11) is 1.58. The molecule has 0 amide bonds. The number of aliphatic hydroxyl groups is 2. The number of hydrogen-bond donors (Lipinski definition) is 2. The van der Waals surface area contributed by atoms with E-state index in [4.69, 9.17) is 23.7 Å². The number of ether oxygens (including phenoxy) is 5. The summed E-state index contributed by atoms with van der Waals surface area (Å²) in [5, 5.41) is 22.3. The van der Waals surface area contributed by atoms with Crippen molar-refractivity contribution in [2.75, 3.05) is 20.3 Å². The Balaban J connectivity index is 2.39. The maximum Gasteiger partial charge on any atom is 0.314 e. The first-order chi connectivity index (χ1) is 17.6. The van der Waals surface area contributed by atoms with Crippen molar-refractivity contribution in [3.05, 3.63) is 29.8 Å². The van der Waals surface area contributed by atoms with Crippen molar-refractivity contribution < 1.29 is 43.5 Å². The molecule has 1 fully saturated rings. The van der Waals surface area contributed by atoms with Crippen molar-refractivity contribution in [3.63, 3.8) is 0 Å². The molecule has 5 atom stereocenters. The third kappa shape index (κ3) is 7.05. The molecule has 0 radical (unpaired) electrons. The van der Waals surface area contributed by atoms with Crippen LogP contribution in [0.25, 0.3) is 0 Å². The molecule has 1 saturated heterocycles. The van der Waals surface area contributed by atoms with Crippen molar-refractivity contribution in [2.45, 2.75) is 98.9 Å². The lowest BCUT2D eigenvalue weighted by atomic mass is 9.71. The van der Waals surface area contributed by atoms with Crippen LogP contribution in [0, 0.1) is 16.2 Å². The predicted octanol–water partition coefficient (Wildman–Crippen LogP) is 4.18. The highest BCUT2D eigenvalue weighted by Crippen LogP contribution is 2.47. The molecule has 0 spiro atoms. The molecule has 1 aliphatic heterocycles. The summed E-state index contributed by atoms with van der Waals surface area (Å²) >= 11 is 0. The summed E-state index contributed by atoms with van der Waals surface area (Å²) in [5.74, 6) is -0.310. The molecule has 1 aliphatic rings. The zero-order valence-electron chi connectivity index (χ0n) is 24.3. The number of hydrogen-bond acceptors (Lipinski definition) is 9. The molecule has 1 unspecified atom stereocenters. The Morgan fingerprint density at radius 2 is 1.26 bits per heavy atom. The van der Waals surface area contributed by atoms with E-state index in [1.165, 1.54) is 0 Å². The van der Waals surface area contributed by atoms with Gasteiger partial charge in [-0.05, 0) is 53.7 Å². The van der Waals surface area contributed by atoms with Crippen molar-refractivity contribution >= 4 is 11.9 Å². The van der Waals surface area contributed by atoms with Crippen LogP contribution in [0.1, 0.15) is 80.1 Å². The maximum absolute atomic E-state index is 12.6. The second-order valence-corrected chi connectivity index (χ2v) is 11.6. The zero-order chi connectivity index (χ0) is 28.9. The summed E-state index contributed by atoms with van der Waals surface area (Å²) in [6.07, 6.45) is -3.81. The maximum atomic E-state index is 12.6. The smallest absolute Gasteiger partial charge is 0.314 e. The fraction of sp³-hybridized carbons (Fsp3) is 0.724. The summed E-state index contributed by atoms with van der Waals surface area (Å²) in [6.45, 7) is 14.3. The highest BCUT2D eigenvalue weighted by atomic mass is 16.7. The van der Waals surface area contributed by atoms with Gasteiger partial charge >= 0.3 is 11.9 Å². The minimum absolute atomic E-state index is 0.128. The lowest BCUT2D eigenvalue weighted by Crippen LogP contribution is -2.54. The van der Waals surface area contributed by atoms with E-state index in [2.05, 4.69) is 0 Å². The second-order valence-electron chi connectivity index (χ2n) is 11.6. The van der Waals surface area contributed by atoms with E-state index in [0.29, 0.717) is 5.75 Å². The third-order valence-electron chi connectivity index (χ3n) is 7.77. The highest BCUT2D eigenvalue weighted by molar-refractivity contribution is 5.77. The summed E-state index contributed by atoms with van der Waals surface area (Å²) in [4.78, 5) is 25.1. The summed E-state index contributed by atoms with van der Waals surface area (Å²) in [6, 6.07) is 7.24. The average Bonchev–Trinajstić information content (AvgIpc) is 2.86. The number of carbonyl (C=O) groups excluding carboxylic acids is 2. The summed E-state index contributed by atoms with van der Waals surface area (Å²) < 4.78 is 28.4. The molecule has 0 saturated carbocycles. The fourth-order valence-electron chi connectivity index (χ4n) is 4.43. The van der Waals surface area contributed by atoms with E-state index in [-0.39, 0.29) is 26.1 Å². The van der Waals surface area contributed by atoms with E-state index in [1.54, 1.807) is 60.8 Å². The standard InChI is InChI=1S/C29H46O9/c1-10-35-25(32)27(3,4)20(30)16-22-29(7,8)23(17-21(31)28(5,6)26(33)36-11-2)38-24(37-22)18-12-14-19(34-9)15-13-18/h12-15,20-24,30-31H,10-11,16-17H2,1-9H3/t20-,21-,22-,23+,24?/m1/s1. The van der Waals surface area contributed by atoms with Crippen molar-refractivity contribution in [2.24, 2.45) is 16.2 Å². The van der Waals surface area contributed by atoms with Gasteiger partial charge in [-0.1, -0.05) is 26.0 Å². The van der Waals surface area contributed by atoms with Crippen LogP contribution in [-0.2, 0) is 28.5 Å². The molecule has 0 aromatic heterocycles. The molecule has 1 heterocycles. The SMILES string of the molecule is CCOC(=O)C(C)(C)[C@H](O)C[C@@H]1OC(c2ccc(OC)cc2)O[C@H](C[C@@H](O)C(C)(C)C(=O)OCC)C1(C)C. The van der Waals surface area contributed by atoms with E-state index < -0.39 is 58.9 Å². The van der Waals surface area contributed by atoms with Crippen LogP contribution in [-0.4, -0.2) is 66.9 Å². The van der Waals surface area contributed by atoms with Crippen LogP contribution in [0.4, 0.5) is 0 Å². The van der Waals surface area contributed by atoms with Gasteiger partial charge in [-0.2, -0.15) is 0 Å². The predicted molar refractivity (Wildman–Crippen MR) is 141 cm³/mol. The Kier molecular flexibility index (Phi) is 10.8. The normalized spacial score (nSPS) is 23.3. The Hall–Kier alpha value is -2.20. The van der Waals surface area contributed by atoms with Gasteiger partial charge in [0.05, 0.1) is 55.6 Å². The molecule has 1 aromatic carbocycles. The van der Waals surface area contributed by atoms with E-state index in [1.807, 2.05) is 26.0 Å². The Morgan fingerprint density at radius 1 is 0.868 bits per heavy atom. The van der Waals surface area contributed by atoms with Crippen LogP contribution in [0.3, 0.4) is 0 Å². The van der Waals surface area contributed by atoms with Gasteiger partial charge in [0.2, 0.25) is 0 Å². The molecule has 216 valence electrons. The van der Waals surface area contributed by atoms with E-state index in [9.17, 15) is 19.8 Å². The van der Waals surface area contributed by atoms with Gasteiger partial charge in [-0.25, -0.2) is 0 Å². The molecular weight excluding hydrogens is 492 g/mol. The molecule has 2 N–H and O–H groups in total. The molecule has 38 heavy (non-hydrogen) atoms. The highest BCUT2D eigenvalue weighted by Gasteiger charge is 2.51. The number of esters is 2. The Labute approximate surface area is 226 Å². The number of aliphatic hydroxyl groups excluding tert-OH is 2. The third-order valence-corrected chi connectivity index (χ3v) is 7.77. The van der Waals surface area contributed by atoms with Crippen LogP contribution in [0.5, 0.6) is 5.75 Å². The van der Waals surface area contributed by atoms with Gasteiger partial charge in [0, 0.05) is 23.8 Å². The Morgan fingerprint density at radius 3 is 1.61 bits per heavy atom. The molecule has 9 nitrogen and oxygen atoms in total. The van der Waals surface area contributed by atoms with E-state index >= 15 is 0 Å². The molecule has 0 aliphatic carbocycles. The van der Waals surface area contributed by atoms with Crippen LogP contribution in [0.2, 0.25) is 0 Å². The lowest BCUT2D eigenvalue weighted by Gasteiger charge is -2.50. The minimum atomic E-state index is -1.16. The largest absolute Gasteiger partial charge is 0.497 e. The van der Waals surface area contributed by atoms with Gasteiger partial charge in [0.25, 0.3) is 0 Å². The van der Waals surface area contributed by atoms with Gasteiger partial charge in [-0.3, -0.25) is 9.59 Å². The van der Waals surface area contributed by atoms with Crippen LogP contribution in [0.15, 0.2) is 24.3 Å². The molecule has 0 bridgehead atoms. The summed E-state index contributed by atoms with van der Waals surface area (Å²) in [5.41, 5.74) is -2.30. The van der Waals surface area contributed by atoms with E-state index in [0.717, 1.165) is 5.56 Å². The van der Waals surface area contributed by atoms with Crippen molar-refractivity contribution in [1.82, 2.24) is 0 Å². The first-order valence-corrected chi connectivity index (χ1v) is 13.3. The molecule has 2 rings (SSSR count). The monoisotopic (exact) mass is 538 g/mol. The Bertz CT molecular complexity index is 872. The first-order valence-electron chi connectivity index (χ1n) is 13.3. The quantitative estimate of drug-likeness (QED) is 0.378. The number of carbonyl (C=O) groups is 2. The number of benzene rings is 1. The van der Waals surface area contributed by atoms with Gasteiger partial charge in [-0.15, -0.1) is 0 Å². The average molecular weight is 539 g/mol.